The molecule has 0 aliphatic carbocycles. The Labute approximate surface area is 178 Å². The molecule has 2 atom stereocenters. The average Bonchev–Trinajstić information content (AvgIpc) is 3.17. The minimum Gasteiger partial charge on any atom is -0.497 e. The third-order valence-electron chi connectivity index (χ3n) is 5.27. The average molecular weight is 407 g/mol. The van der Waals surface area contributed by atoms with Crippen molar-refractivity contribution in [2.24, 2.45) is 7.05 Å². The third-order valence-corrected chi connectivity index (χ3v) is 5.27. The summed E-state index contributed by atoms with van der Waals surface area (Å²) in [5.74, 6) is 1.95. The molecule has 3 aromatic rings. The van der Waals surface area contributed by atoms with Crippen LogP contribution < -0.4 is 15.4 Å². The first-order valence-electron chi connectivity index (χ1n) is 10.2. The van der Waals surface area contributed by atoms with Gasteiger partial charge in [-0.2, -0.15) is 0 Å². The lowest BCUT2D eigenvalue weighted by atomic mass is 10.00. The topological polar surface area (TPSA) is 68.2 Å². The molecule has 0 fully saturated rings. The Bertz CT molecular complexity index is 979. The zero-order chi connectivity index (χ0) is 21.7. The van der Waals surface area contributed by atoms with Crippen LogP contribution in [0.4, 0.5) is 4.79 Å². The van der Waals surface area contributed by atoms with Crippen molar-refractivity contribution in [3.63, 3.8) is 0 Å². The second-order valence-corrected chi connectivity index (χ2v) is 7.77. The van der Waals surface area contributed by atoms with E-state index >= 15 is 0 Å². The van der Waals surface area contributed by atoms with E-state index in [0.717, 1.165) is 22.7 Å². The van der Waals surface area contributed by atoms with Crippen molar-refractivity contribution >= 4 is 6.03 Å². The molecule has 0 aliphatic rings. The zero-order valence-electron chi connectivity index (χ0n) is 18.2. The highest BCUT2D eigenvalue weighted by Crippen LogP contribution is 2.24. The van der Waals surface area contributed by atoms with E-state index in [4.69, 9.17) is 4.74 Å². The fraction of sp³-hybridized carbons (Fsp3) is 0.333. The Hall–Kier alpha value is -3.28. The number of aromatic nitrogens is 2. The molecular formula is C24H30N4O2. The van der Waals surface area contributed by atoms with Crippen molar-refractivity contribution in [2.45, 2.75) is 38.8 Å². The van der Waals surface area contributed by atoms with Gasteiger partial charge in [0.25, 0.3) is 0 Å². The molecule has 6 heteroatoms. The minimum atomic E-state index is -0.407. The summed E-state index contributed by atoms with van der Waals surface area (Å²) in [5.41, 5.74) is 3.24. The van der Waals surface area contributed by atoms with Crippen molar-refractivity contribution in [3.05, 3.63) is 83.4 Å². The van der Waals surface area contributed by atoms with Crippen LogP contribution in [0.1, 0.15) is 61.3 Å². The number of ether oxygens (including phenoxy) is 1. The predicted molar refractivity (Wildman–Crippen MR) is 119 cm³/mol. The summed E-state index contributed by atoms with van der Waals surface area (Å²) in [6.45, 7) is 6.31. The molecule has 30 heavy (non-hydrogen) atoms. The summed E-state index contributed by atoms with van der Waals surface area (Å²) in [7, 11) is 3.54. The van der Waals surface area contributed by atoms with E-state index in [-0.39, 0.29) is 12.1 Å². The maximum Gasteiger partial charge on any atom is 0.316 e. The summed E-state index contributed by atoms with van der Waals surface area (Å²) in [6.07, 6.45) is 3.59. The van der Waals surface area contributed by atoms with Gasteiger partial charge in [0, 0.05) is 19.4 Å². The number of hydrogen-bond acceptors (Lipinski definition) is 3. The first kappa shape index (κ1) is 21.4. The lowest BCUT2D eigenvalue weighted by Crippen LogP contribution is -2.40. The van der Waals surface area contributed by atoms with Crippen LogP contribution in [0.25, 0.3) is 0 Å². The SMILES string of the molecule is COc1cccc([C@H](NC(=O)N[C@@H](C)c2ccc(C(C)C)cc2)c2nccn2C)c1. The Morgan fingerprint density at radius 3 is 2.30 bits per heavy atom. The smallest absolute Gasteiger partial charge is 0.316 e. The quantitative estimate of drug-likeness (QED) is 0.597. The lowest BCUT2D eigenvalue weighted by molar-refractivity contribution is 0.235. The van der Waals surface area contributed by atoms with Crippen LogP contribution in [0.3, 0.4) is 0 Å². The van der Waals surface area contributed by atoms with Gasteiger partial charge in [-0.1, -0.05) is 50.2 Å². The van der Waals surface area contributed by atoms with E-state index in [0.29, 0.717) is 5.92 Å². The number of carbonyl (C=O) groups excluding carboxylic acids is 1. The van der Waals surface area contributed by atoms with Gasteiger partial charge in [-0.25, -0.2) is 9.78 Å². The van der Waals surface area contributed by atoms with Gasteiger partial charge in [0.2, 0.25) is 0 Å². The molecule has 6 nitrogen and oxygen atoms in total. The van der Waals surface area contributed by atoms with Crippen molar-refractivity contribution in [2.75, 3.05) is 7.11 Å². The standard InChI is InChI=1S/C24H30N4O2/c1-16(2)18-9-11-19(12-10-18)17(3)26-24(29)27-22(23-25-13-14-28(23)4)20-7-6-8-21(15-20)30-5/h6-17,22H,1-5H3,(H2,26,27,29)/t17-,22-/m0/s1. The molecule has 1 aromatic heterocycles. The molecule has 0 radical (unpaired) electrons. The van der Waals surface area contributed by atoms with Gasteiger partial charge in [-0.05, 0) is 41.7 Å². The molecule has 2 N–H and O–H groups in total. The van der Waals surface area contributed by atoms with E-state index in [1.165, 1.54) is 5.56 Å². The maximum absolute atomic E-state index is 12.9. The number of methoxy groups -OCH3 is 1. The molecule has 0 unspecified atom stereocenters. The van der Waals surface area contributed by atoms with Gasteiger partial charge in [-0.3, -0.25) is 0 Å². The predicted octanol–water partition coefficient (Wildman–Crippen LogP) is 4.70. The fourth-order valence-electron chi connectivity index (χ4n) is 3.40. The fourth-order valence-corrected chi connectivity index (χ4v) is 3.40. The van der Waals surface area contributed by atoms with Crippen LogP contribution in [-0.4, -0.2) is 22.7 Å². The molecule has 0 saturated carbocycles. The molecule has 0 spiro atoms. The summed E-state index contributed by atoms with van der Waals surface area (Å²) >= 11 is 0. The molecule has 0 aliphatic heterocycles. The number of urea groups is 1. The summed E-state index contributed by atoms with van der Waals surface area (Å²) < 4.78 is 7.25. The highest BCUT2D eigenvalue weighted by atomic mass is 16.5. The number of rotatable bonds is 7. The number of hydrogen-bond donors (Lipinski definition) is 2. The second kappa shape index (κ2) is 9.48. The number of amides is 2. The number of imidazole rings is 1. The Balaban J connectivity index is 1.77. The van der Waals surface area contributed by atoms with Crippen LogP contribution in [0.15, 0.2) is 60.9 Å². The van der Waals surface area contributed by atoms with Crippen molar-refractivity contribution in [3.8, 4) is 5.75 Å². The monoisotopic (exact) mass is 406 g/mol. The van der Waals surface area contributed by atoms with Gasteiger partial charge < -0.3 is 19.9 Å². The van der Waals surface area contributed by atoms with Crippen LogP contribution in [0, 0.1) is 0 Å². The molecule has 3 rings (SSSR count). The van der Waals surface area contributed by atoms with Crippen LogP contribution >= 0.6 is 0 Å². The lowest BCUT2D eigenvalue weighted by Gasteiger charge is -2.22. The van der Waals surface area contributed by atoms with Gasteiger partial charge in [0.15, 0.2) is 0 Å². The number of benzene rings is 2. The van der Waals surface area contributed by atoms with E-state index in [1.54, 1.807) is 13.3 Å². The van der Waals surface area contributed by atoms with Crippen molar-refractivity contribution < 1.29 is 9.53 Å². The summed E-state index contributed by atoms with van der Waals surface area (Å²) in [4.78, 5) is 17.3. The highest BCUT2D eigenvalue weighted by Gasteiger charge is 2.22. The molecule has 0 saturated heterocycles. The maximum atomic E-state index is 12.9. The van der Waals surface area contributed by atoms with Gasteiger partial charge in [0.1, 0.15) is 17.6 Å². The molecule has 0 bridgehead atoms. The Kier molecular flexibility index (Phi) is 6.77. The van der Waals surface area contributed by atoms with Crippen LogP contribution in [-0.2, 0) is 7.05 Å². The number of nitrogens with zero attached hydrogens (tertiary/aromatic N) is 2. The zero-order valence-corrected chi connectivity index (χ0v) is 18.2. The molecule has 1 heterocycles. The second-order valence-electron chi connectivity index (χ2n) is 7.77. The largest absolute Gasteiger partial charge is 0.497 e. The number of carbonyl (C=O) groups is 1. The van der Waals surface area contributed by atoms with E-state index in [1.807, 2.05) is 49.0 Å². The van der Waals surface area contributed by atoms with Crippen LogP contribution in [0.2, 0.25) is 0 Å². The first-order chi connectivity index (χ1) is 14.4. The van der Waals surface area contributed by atoms with Crippen molar-refractivity contribution in [1.82, 2.24) is 20.2 Å². The van der Waals surface area contributed by atoms with Gasteiger partial charge in [-0.15, -0.1) is 0 Å². The van der Waals surface area contributed by atoms with Crippen LogP contribution in [0.5, 0.6) is 5.75 Å². The minimum absolute atomic E-state index is 0.126. The highest BCUT2D eigenvalue weighted by molar-refractivity contribution is 5.75. The molecule has 2 amide bonds. The van der Waals surface area contributed by atoms with Crippen molar-refractivity contribution in [1.29, 1.82) is 0 Å². The summed E-state index contributed by atoms with van der Waals surface area (Å²) in [6, 6.07) is 15.2. The van der Waals surface area contributed by atoms with E-state index in [9.17, 15) is 4.79 Å². The molecule has 2 aromatic carbocycles. The third kappa shape index (κ3) is 5.00. The summed E-state index contributed by atoms with van der Waals surface area (Å²) in [5, 5.41) is 6.11. The Morgan fingerprint density at radius 1 is 1.00 bits per heavy atom. The molecular weight excluding hydrogens is 376 g/mol. The van der Waals surface area contributed by atoms with E-state index < -0.39 is 6.04 Å². The molecule has 158 valence electrons. The van der Waals surface area contributed by atoms with E-state index in [2.05, 4.69) is 53.7 Å². The normalized spacial score (nSPS) is 13.0. The first-order valence-corrected chi connectivity index (χ1v) is 10.2. The number of nitrogens with one attached hydrogen (secondary N) is 2. The Morgan fingerprint density at radius 2 is 1.70 bits per heavy atom. The van der Waals surface area contributed by atoms with Gasteiger partial charge in [0.05, 0.1) is 13.2 Å². The number of aryl methyl sites for hydroxylation is 1. The van der Waals surface area contributed by atoms with Gasteiger partial charge >= 0.3 is 6.03 Å².